The van der Waals surface area contributed by atoms with E-state index in [9.17, 15) is 0 Å². The Labute approximate surface area is 61.9 Å². The molecular formula is C10H12. The highest BCUT2D eigenvalue weighted by Gasteiger charge is 2.10. The molecule has 0 bridgehead atoms. The minimum Gasteiger partial charge on any atom is -0.121 e. The maximum atomic E-state index is 3.34. The Morgan fingerprint density at radius 1 is 1.20 bits per heavy atom. The molecule has 2 aliphatic carbocycles. The lowest BCUT2D eigenvalue weighted by atomic mass is 9.89. The third-order valence-electron chi connectivity index (χ3n) is 2.24. The molecule has 2 rings (SSSR count). The van der Waals surface area contributed by atoms with Crippen molar-refractivity contribution in [2.45, 2.75) is 32.1 Å². The molecule has 0 atom stereocenters. The zero-order valence-electron chi connectivity index (χ0n) is 6.19. The van der Waals surface area contributed by atoms with E-state index < -0.39 is 0 Å². The van der Waals surface area contributed by atoms with Gasteiger partial charge in [-0.15, -0.1) is 5.73 Å². The lowest BCUT2D eigenvalue weighted by Crippen LogP contribution is -1.97. The molecule has 0 radical (unpaired) electrons. The van der Waals surface area contributed by atoms with Crippen molar-refractivity contribution < 1.29 is 0 Å². The lowest BCUT2D eigenvalue weighted by molar-refractivity contribution is 0.769. The molecule has 2 aliphatic rings. The molecule has 10 heavy (non-hydrogen) atoms. The van der Waals surface area contributed by atoms with Gasteiger partial charge in [0.25, 0.3) is 0 Å². The minimum absolute atomic E-state index is 1.20. The van der Waals surface area contributed by atoms with Crippen LogP contribution in [0.25, 0.3) is 0 Å². The number of rotatable bonds is 0. The van der Waals surface area contributed by atoms with Gasteiger partial charge in [0.1, 0.15) is 0 Å². The van der Waals surface area contributed by atoms with Crippen molar-refractivity contribution in [3.05, 3.63) is 29.0 Å². The topological polar surface area (TPSA) is 0 Å². The van der Waals surface area contributed by atoms with Crippen LogP contribution in [0.4, 0.5) is 0 Å². The Morgan fingerprint density at radius 3 is 3.10 bits per heavy atom. The first-order valence-electron chi connectivity index (χ1n) is 4.10. The first-order chi connectivity index (χ1) is 4.97. The van der Waals surface area contributed by atoms with Gasteiger partial charge in [0.15, 0.2) is 0 Å². The first kappa shape index (κ1) is 6.00. The monoisotopic (exact) mass is 132 g/mol. The summed E-state index contributed by atoms with van der Waals surface area (Å²) in [6.07, 6.45) is 10.9. The van der Waals surface area contributed by atoms with Crippen molar-refractivity contribution in [3.63, 3.8) is 0 Å². The van der Waals surface area contributed by atoms with E-state index in [4.69, 9.17) is 0 Å². The van der Waals surface area contributed by atoms with Crippen LogP contribution in [-0.2, 0) is 0 Å². The van der Waals surface area contributed by atoms with Crippen LogP contribution in [0.3, 0.4) is 0 Å². The van der Waals surface area contributed by atoms with Crippen LogP contribution in [0.15, 0.2) is 29.0 Å². The van der Waals surface area contributed by atoms with Crippen LogP contribution in [-0.4, -0.2) is 0 Å². The largest absolute Gasteiger partial charge is 0.121 e. The van der Waals surface area contributed by atoms with Crippen LogP contribution in [0.5, 0.6) is 0 Å². The summed E-state index contributed by atoms with van der Waals surface area (Å²) in [5.74, 6) is 0. The first-order valence-corrected chi connectivity index (χ1v) is 4.10. The SMILES string of the molecule is C1=CCCC2=CCCCC=12. The van der Waals surface area contributed by atoms with Crippen molar-refractivity contribution in [1.29, 1.82) is 0 Å². The van der Waals surface area contributed by atoms with Gasteiger partial charge in [0, 0.05) is 0 Å². The second-order valence-corrected chi connectivity index (χ2v) is 2.99. The average molecular weight is 132 g/mol. The highest BCUT2D eigenvalue weighted by molar-refractivity contribution is 5.34. The highest BCUT2D eigenvalue weighted by atomic mass is 14.1. The molecule has 0 nitrogen and oxygen atoms in total. The molecule has 0 amide bonds. The van der Waals surface area contributed by atoms with Crippen LogP contribution in [0.1, 0.15) is 32.1 Å². The fourth-order valence-electron chi connectivity index (χ4n) is 1.68. The van der Waals surface area contributed by atoms with Crippen molar-refractivity contribution >= 4 is 0 Å². The number of hydrogen-bond acceptors (Lipinski definition) is 0. The highest BCUT2D eigenvalue weighted by Crippen LogP contribution is 2.28. The van der Waals surface area contributed by atoms with Gasteiger partial charge in [-0.05, 0) is 49.3 Å². The predicted molar refractivity (Wildman–Crippen MR) is 42.8 cm³/mol. The normalized spacial score (nSPS) is 23.2. The standard InChI is InChI=1S/C10H12/c1-2-6-10-8-4-3-7-9(10)5-1/h1,8H,2-4,6-7H2. The quantitative estimate of drug-likeness (QED) is 0.444. The number of allylic oxidation sites excluding steroid dienone is 3. The third-order valence-corrected chi connectivity index (χ3v) is 2.24. The lowest BCUT2D eigenvalue weighted by Gasteiger charge is -2.16. The summed E-state index contributed by atoms with van der Waals surface area (Å²) in [7, 11) is 0. The van der Waals surface area contributed by atoms with Crippen molar-refractivity contribution in [1.82, 2.24) is 0 Å². The Morgan fingerprint density at radius 2 is 2.20 bits per heavy atom. The molecule has 0 unspecified atom stereocenters. The van der Waals surface area contributed by atoms with Gasteiger partial charge in [0.05, 0.1) is 0 Å². The Balaban J connectivity index is 2.39. The molecule has 0 heterocycles. The molecule has 0 saturated heterocycles. The fraction of sp³-hybridized carbons (Fsp3) is 0.500. The van der Waals surface area contributed by atoms with E-state index in [0.29, 0.717) is 0 Å². The predicted octanol–water partition coefficient (Wildman–Crippen LogP) is 2.97. The molecular weight excluding hydrogens is 120 g/mol. The molecule has 0 fully saturated rings. The van der Waals surface area contributed by atoms with Gasteiger partial charge >= 0.3 is 0 Å². The Bertz CT molecular complexity index is 224. The molecule has 0 aromatic heterocycles. The summed E-state index contributed by atoms with van der Waals surface area (Å²) in [6.45, 7) is 0. The van der Waals surface area contributed by atoms with Crippen molar-refractivity contribution in [2.24, 2.45) is 0 Å². The van der Waals surface area contributed by atoms with E-state index in [1.54, 1.807) is 5.57 Å². The summed E-state index contributed by atoms with van der Waals surface area (Å²) in [6, 6.07) is 0. The van der Waals surface area contributed by atoms with Crippen molar-refractivity contribution in [3.8, 4) is 0 Å². The summed E-state index contributed by atoms with van der Waals surface area (Å²) >= 11 is 0. The van der Waals surface area contributed by atoms with Gasteiger partial charge in [0.2, 0.25) is 0 Å². The number of hydrogen-bond donors (Lipinski definition) is 0. The van der Waals surface area contributed by atoms with E-state index in [0.717, 1.165) is 0 Å². The van der Waals surface area contributed by atoms with E-state index in [2.05, 4.69) is 17.9 Å². The molecule has 0 saturated carbocycles. The smallest absolute Gasteiger partial charge is 0.00346 e. The van der Waals surface area contributed by atoms with Crippen LogP contribution >= 0.6 is 0 Å². The van der Waals surface area contributed by atoms with Gasteiger partial charge in [-0.25, -0.2) is 0 Å². The van der Waals surface area contributed by atoms with E-state index >= 15 is 0 Å². The molecule has 0 heteroatoms. The van der Waals surface area contributed by atoms with E-state index in [1.807, 2.05) is 0 Å². The summed E-state index contributed by atoms with van der Waals surface area (Å²) in [5.41, 5.74) is 6.41. The average Bonchev–Trinajstić information content (AvgIpc) is 2.05. The van der Waals surface area contributed by atoms with E-state index in [1.165, 1.54) is 37.7 Å². The van der Waals surface area contributed by atoms with Gasteiger partial charge in [-0.2, -0.15) is 0 Å². The summed E-state index contributed by atoms with van der Waals surface area (Å²) in [5, 5.41) is 0. The second kappa shape index (κ2) is 2.48. The molecule has 0 aromatic rings. The maximum absolute atomic E-state index is 3.34. The minimum atomic E-state index is 1.20. The van der Waals surface area contributed by atoms with Gasteiger partial charge in [-0.3, -0.25) is 0 Å². The van der Waals surface area contributed by atoms with Gasteiger partial charge in [-0.1, -0.05) is 6.08 Å². The zero-order chi connectivity index (χ0) is 6.81. The van der Waals surface area contributed by atoms with Gasteiger partial charge < -0.3 is 0 Å². The third kappa shape index (κ3) is 0.955. The van der Waals surface area contributed by atoms with Crippen LogP contribution in [0, 0.1) is 0 Å². The zero-order valence-corrected chi connectivity index (χ0v) is 6.19. The van der Waals surface area contributed by atoms with Crippen molar-refractivity contribution in [2.75, 3.05) is 0 Å². The molecule has 0 N–H and O–H groups in total. The fourth-order valence-corrected chi connectivity index (χ4v) is 1.68. The molecule has 0 aliphatic heterocycles. The number of fused-ring (bicyclic) bond motifs is 1. The molecule has 0 spiro atoms. The Kier molecular flexibility index (Phi) is 1.49. The maximum Gasteiger partial charge on any atom is -0.00346 e. The molecule has 52 valence electrons. The molecule has 0 aromatic carbocycles. The second-order valence-electron chi connectivity index (χ2n) is 2.99. The van der Waals surface area contributed by atoms with Crippen LogP contribution in [0.2, 0.25) is 0 Å². The Hall–Kier alpha value is -0.740. The van der Waals surface area contributed by atoms with E-state index in [-0.39, 0.29) is 0 Å². The summed E-state index contributed by atoms with van der Waals surface area (Å²) < 4.78 is 0. The summed E-state index contributed by atoms with van der Waals surface area (Å²) in [4.78, 5) is 0. The van der Waals surface area contributed by atoms with Crippen LogP contribution < -0.4 is 0 Å².